The number of hydrogen-bond donors (Lipinski definition) is 1. The zero-order valence-corrected chi connectivity index (χ0v) is 13.3. The zero-order valence-electron chi connectivity index (χ0n) is 13.3. The van der Waals surface area contributed by atoms with Crippen molar-refractivity contribution in [2.24, 2.45) is 0 Å². The first-order chi connectivity index (χ1) is 11.7. The van der Waals surface area contributed by atoms with Crippen LogP contribution in [0.5, 0.6) is 0 Å². The van der Waals surface area contributed by atoms with Crippen molar-refractivity contribution in [2.75, 3.05) is 0 Å². The number of aromatic nitrogens is 2. The summed E-state index contributed by atoms with van der Waals surface area (Å²) in [7, 11) is 1.83. The van der Waals surface area contributed by atoms with Gasteiger partial charge in [-0.05, 0) is 11.1 Å². The highest BCUT2D eigenvalue weighted by molar-refractivity contribution is 6.19. The third-order valence-electron chi connectivity index (χ3n) is 3.85. The molecule has 0 saturated heterocycles. The van der Waals surface area contributed by atoms with Crippen molar-refractivity contribution in [3.8, 4) is 0 Å². The fourth-order valence-corrected chi connectivity index (χ4v) is 2.78. The summed E-state index contributed by atoms with van der Waals surface area (Å²) in [5.41, 5.74) is 1.60. The van der Waals surface area contributed by atoms with Crippen LogP contribution in [0.3, 0.4) is 0 Å². The topological polar surface area (TPSA) is 54.9 Å². The molecule has 24 heavy (non-hydrogen) atoms. The van der Waals surface area contributed by atoms with Gasteiger partial charge in [0.2, 0.25) is 0 Å². The van der Waals surface area contributed by atoms with Gasteiger partial charge in [-0.15, -0.1) is 5.98 Å². The number of aromatic amines is 1. The smallest absolute Gasteiger partial charge is 0.288 e. The average molecular weight is 316 g/mol. The molecule has 4 nitrogen and oxygen atoms in total. The summed E-state index contributed by atoms with van der Waals surface area (Å²) in [5, 5.41) is 0. The minimum Gasteiger partial charge on any atom is -0.288 e. The highest BCUT2D eigenvalue weighted by Gasteiger charge is 2.18. The van der Waals surface area contributed by atoms with E-state index in [9.17, 15) is 9.59 Å². The third-order valence-corrected chi connectivity index (χ3v) is 3.85. The molecule has 2 aromatic carbocycles. The van der Waals surface area contributed by atoms with E-state index in [1.807, 2.05) is 68.5 Å². The highest BCUT2D eigenvalue weighted by atomic mass is 16.2. The van der Waals surface area contributed by atoms with Crippen molar-refractivity contribution in [1.29, 1.82) is 0 Å². The zero-order chi connectivity index (χ0) is 16.9. The van der Waals surface area contributed by atoms with Gasteiger partial charge in [-0.25, -0.2) is 4.79 Å². The standard InChI is InChI=1S/C19H17BN2O2/c20-12-11-16-13-22(19(24)21-18(16)23)17(14-7-3-1-4-8-14)15-9-5-2-6-10-15/h1-13,17H,20H2,(H,21,23,24)/b12-11+. The summed E-state index contributed by atoms with van der Waals surface area (Å²) in [5.74, 6) is 1.78. The van der Waals surface area contributed by atoms with Gasteiger partial charge in [0.05, 0.1) is 11.6 Å². The molecule has 0 aliphatic rings. The Morgan fingerprint density at radius 3 is 1.96 bits per heavy atom. The molecule has 0 fully saturated rings. The molecular weight excluding hydrogens is 299 g/mol. The van der Waals surface area contributed by atoms with Crippen LogP contribution in [-0.2, 0) is 0 Å². The lowest BCUT2D eigenvalue weighted by Gasteiger charge is -2.21. The van der Waals surface area contributed by atoms with Gasteiger partial charge in [0.25, 0.3) is 5.56 Å². The van der Waals surface area contributed by atoms with E-state index in [4.69, 9.17) is 0 Å². The number of hydrogen-bond acceptors (Lipinski definition) is 2. The second-order valence-electron chi connectivity index (χ2n) is 5.47. The Morgan fingerprint density at radius 1 is 0.917 bits per heavy atom. The van der Waals surface area contributed by atoms with Crippen molar-refractivity contribution < 1.29 is 0 Å². The molecule has 1 N–H and O–H groups in total. The lowest BCUT2D eigenvalue weighted by atomic mass is 9.98. The molecule has 0 amide bonds. The van der Waals surface area contributed by atoms with Crippen LogP contribution in [0.4, 0.5) is 0 Å². The van der Waals surface area contributed by atoms with Gasteiger partial charge >= 0.3 is 5.69 Å². The van der Waals surface area contributed by atoms with Gasteiger partial charge in [0.1, 0.15) is 7.85 Å². The summed E-state index contributed by atoms with van der Waals surface area (Å²) in [4.78, 5) is 26.8. The van der Waals surface area contributed by atoms with Crippen LogP contribution < -0.4 is 11.2 Å². The summed E-state index contributed by atoms with van der Waals surface area (Å²) in [6, 6.07) is 19.2. The molecule has 0 unspecified atom stereocenters. The van der Waals surface area contributed by atoms with Crippen LogP contribution in [0, 0.1) is 0 Å². The number of nitrogens with zero attached hydrogens (tertiary/aromatic N) is 1. The monoisotopic (exact) mass is 316 g/mol. The highest BCUT2D eigenvalue weighted by Crippen LogP contribution is 2.25. The third kappa shape index (κ3) is 3.15. The first-order valence-electron chi connectivity index (χ1n) is 7.79. The molecule has 118 valence electrons. The predicted octanol–water partition coefficient (Wildman–Crippen LogP) is 1.78. The molecule has 0 atom stereocenters. The van der Waals surface area contributed by atoms with E-state index in [0.29, 0.717) is 5.56 Å². The minimum atomic E-state index is -0.425. The molecule has 3 aromatic rings. The van der Waals surface area contributed by atoms with Crippen molar-refractivity contribution in [3.63, 3.8) is 0 Å². The van der Waals surface area contributed by atoms with E-state index in [1.165, 1.54) is 0 Å². The van der Waals surface area contributed by atoms with Crippen molar-refractivity contribution in [3.05, 3.63) is 110 Å². The van der Waals surface area contributed by atoms with E-state index in [-0.39, 0.29) is 11.6 Å². The first kappa shape index (κ1) is 15.8. The Morgan fingerprint density at radius 2 is 1.46 bits per heavy atom. The van der Waals surface area contributed by atoms with Crippen LogP contribution in [0.2, 0.25) is 0 Å². The number of benzene rings is 2. The SMILES string of the molecule is B/C=C/c1cn(C(c2ccccc2)c2ccccc2)c(=O)[nH]c1=O. The van der Waals surface area contributed by atoms with Crippen molar-refractivity contribution in [1.82, 2.24) is 9.55 Å². The predicted molar refractivity (Wildman–Crippen MR) is 99.0 cm³/mol. The molecule has 0 radical (unpaired) electrons. The quantitative estimate of drug-likeness (QED) is 0.746. The Balaban J connectivity index is 2.26. The van der Waals surface area contributed by atoms with Crippen molar-refractivity contribution in [2.45, 2.75) is 6.04 Å². The fourth-order valence-electron chi connectivity index (χ4n) is 2.78. The second kappa shape index (κ2) is 7.00. The fraction of sp³-hybridized carbons (Fsp3) is 0.0526. The summed E-state index contributed by atoms with van der Waals surface area (Å²) in [6.45, 7) is 0. The molecule has 0 aliphatic carbocycles. The maximum atomic E-state index is 12.5. The molecular formula is C19H17BN2O2. The summed E-state index contributed by atoms with van der Waals surface area (Å²) >= 11 is 0. The maximum absolute atomic E-state index is 12.5. The summed E-state index contributed by atoms with van der Waals surface area (Å²) in [6.07, 6.45) is 3.31. The Hall–Kier alpha value is -3.08. The van der Waals surface area contributed by atoms with Crippen molar-refractivity contribution >= 4 is 13.9 Å². The molecule has 0 saturated carbocycles. The molecule has 5 heteroatoms. The van der Waals surface area contributed by atoms with Gasteiger partial charge in [-0.2, -0.15) is 0 Å². The first-order valence-corrected chi connectivity index (χ1v) is 7.79. The van der Waals surface area contributed by atoms with Crippen LogP contribution in [-0.4, -0.2) is 17.4 Å². The molecule has 0 bridgehead atoms. The lowest BCUT2D eigenvalue weighted by Crippen LogP contribution is -2.34. The average Bonchev–Trinajstić information content (AvgIpc) is 2.61. The van der Waals surface area contributed by atoms with Gasteiger partial charge in [-0.1, -0.05) is 66.7 Å². The lowest BCUT2D eigenvalue weighted by molar-refractivity contribution is 0.625. The van der Waals surface area contributed by atoms with Crippen LogP contribution in [0.1, 0.15) is 22.7 Å². The largest absolute Gasteiger partial charge is 0.329 e. The molecule has 1 aromatic heterocycles. The van der Waals surface area contributed by atoms with Gasteiger partial charge in [0.15, 0.2) is 0 Å². The van der Waals surface area contributed by atoms with E-state index < -0.39 is 5.69 Å². The van der Waals surface area contributed by atoms with Crippen LogP contribution >= 0.6 is 0 Å². The molecule has 0 aliphatic heterocycles. The van der Waals surface area contributed by atoms with E-state index >= 15 is 0 Å². The number of H-pyrrole nitrogens is 1. The molecule has 0 spiro atoms. The Kier molecular flexibility index (Phi) is 4.61. The molecule has 1 heterocycles. The summed E-state index contributed by atoms with van der Waals surface area (Å²) < 4.78 is 1.57. The number of rotatable bonds is 4. The minimum absolute atomic E-state index is 0.305. The second-order valence-corrected chi connectivity index (χ2v) is 5.47. The normalized spacial score (nSPS) is 11.2. The van der Waals surface area contributed by atoms with Gasteiger partial charge in [-0.3, -0.25) is 14.3 Å². The Bertz CT molecular complexity index is 920. The van der Waals surface area contributed by atoms with Crippen LogP contribution in [0.25, 0.3) is 6.08 Å². The van der Waals surface area contributed by atoms with E-state index in [1.54, 1.807) is 22.8 Å². The van der Waals surface area contributed by atoms with Gasteiger partial charge < -0.3 is 0 Å². The van der Waals surface area contributed by atoms with Crippen LogP contribution in [0.15, 0.2) is 82.4 Å². The maximum Gasteiger partial charge on any atom is 0.329 e. The molecule has 3 rings (SSSR count). The van der Waals surface area contributed by atoms with E-state index in [0.717, 1.165) is 11.1 Å². The Labute approximate surface area is 140 Å². The number of nitrogens with one attached hydrogen (secondary N) is 1. The van der Waals surface area contributed by atoms with Gasteiger partial charge in [0, 0.05) is 6.20 Å². The van der Waals surface area contributed by atoms with E-state index in [2.05, 4.69) is 4.98 Å².